The van der Waals surface area contributed by atoms with Gasteiger partial charge in [0.25, 0.3) is 0 Å². The van der Waals surface area contributed by atoms with Crippen molar-refractivity contribution < 1.29 is 24.3 Å². The van der Waals surface area contributed by atoms with Crippen LogP contribution in [-0.4, -0.2) is 35.1 Å². The quantitative estimate of drug-likeness (QED) is 0.304. The maximum absolute atomic E-state index is 10.7. The molecule has 0 aromatic heterocycles. The molecule has 1 aliphatic carbocycles. The number of ether oxygens (including phenoxy) is 2. The molecule has 15 heavy (non-hydrogen) atoms. The third kappa shape index (κ3) is 1.13. The van der Waals surface area contributed by atoms with E-state index in [1.807, 2.05) is 0 Å². The Morgan fingerprint density at radius 1 is 1.80 bits per heavy atom. The Bertz CT molecular complexity index is 411. The number of aldehydes is 1. The SMILES string of the molecule is COC1=C(O)C([N+](=O)[O-])=CC2(C=O)OC12. The van der Waals surface area contributed by atoms with Gasteiger partial charge in [-0.2, -0.15) is 0 Å². The largest absolute Gasteiger partial charge is 0.500 e. The molecule has 0 aromatic carbocycles. The summed E-state index contributed by atoms with van der Waals surface area (Å²) in [5.41, 5.74) is -1.91. The van der Waals surface area contributed by atoms with Crippen molar-refractivity contribution in [3.05, 3.63) is 33.4 Å². The first kappa shape index (κ1) is 9.66. The second kappa shape index (κ2) is 2.80. The zero-order valence-corrected chi connectivity index (χ0v) is 7.67. The molecule has 0 radical (unpaired) electrons. The van der Waals surface area contributed by atoms with Crippen LogP contribution < -0.4 is 0 Å². The molecule has 0 spiro atoms. The minimum atomic E-state index is -1.33. The van der Waals surface area contributed by atoms with E-state index < -0.39 is 28.1 Å². The number of aliphatic hydroxyl groups excluding tert-OH is 1. The minimum absolute atomic E-state index is 0.0868. The van der Waals surface area contributed by atoms with Gasteiger partial charge >= 0.3 is 5.70 Å². The molecular weight excluding hydrogens is 206 g/mol. The molecule has 2 atom stereocenters. The Morgan fingerprint density at radius 3 is 2.93 bits per heavy atom. The fourth-order valence-corrected chi connectivity index (χ4v) is 1.54. The van der Waals surface area contributed by atoms with Crippen LogP contribution in [0.5, 0.6) is 0 Å². The molecule has 0 amide bonds. The van der Waals surface area contributed by atoms with E-state index >= 15 is 0 Å². The highest BCUT2D eigenvalue weighted by Gasteiger charge is 2.64. The molecule has 2 rings (SSSR count). The van der Waals surface area contributed by atoms with Crippen molar-refractivity contribution in [3.63, 3.8) is 0 Å². The first-order valence-electron chi connectivity index (χ1n) is 4.04. The van der Waals surface area contributed by atoms with Crippen molar-refractivity contribution in [2.75, 3.05) is 7.11 Å². The summed E-state index contributed by atoms with van der Waals surface area (Å²) in [5.74, 6) is -0.682. The van der Waals surface area contributed by atoms with Gasteiger partial charge in [-0.1, -0.05) is 0 Å². The predicted octanol–water partition coefficient (Wildman–Crippen LogP) is -0.0869. The molecule has 1 aliphatic heterocycles. The van der Waals surface area contributed by atoms with Crippen LogP contribution >= 0.6 is 0 Å². The molecule has 1 saturated heterocycles. The van der Waals surface area contributed by atoms with Gasteiger partial charge < -0.3 is 14.6 Å². The molecule has 7 nitrogen and oxygen atoms in total. The van der Waals surface area contributed by atoms with E-state index in [-0.39, 0.29) is 5.76 Å². The summed E-state index contributed by atoms with van der Waals surface area (Å²) in [4.78, 5) is 20.5. The van der Waals surface area contributed by atoms with Crippen LogP contribution in [0.15, 0.2) is 23.3 Å². The van der Waals surface area contributed by atoms with E-state index in [2.05, 4.69) is 0 Å². The molecule has 1 fully saturated rings. The van der Waals surface area contributed by atoms with E-state index in [4.69, 9.17) is 9.47 Å². The lowest BCUT2D eigenvalue weighted by Crippen LogP contribution is -2.24. The predicted molar refractivity (Wildman–Crippen MR) is 45.4 cm³/mol. The summed E-state index contributed by atoms with van der Waals surface area (Å²) < 4.78 is 9.74. The van der Waals surface area contributed by atoms with Crippen molar-refractivity contribution in [1.82, 2.24) is 0 Å². The van der Waals surface area contributed by atoms with E-state index in [1.165, 1.54) is 7.11 Å². The van der Waals surface area contributed by atoms with Crippen LogP contribution in [0.3, 0.4) is 0 Å². The van der Waals surface area contributed by atoms with E-state index in [9.17, 15) is 20.0 Å². The lowest BCUT2D eigenvalue weighted by atomic mass is 9.98. The number of methoxy groups -OCH3 is 1. The van der Waals surface area contributed by atoms with E-state index in [1.54, 1.807) is 0 Å². The van der Waals surface area contributed by atoms with Crippen LogP contribution in [0.25, 0.3) is 0 Å². The number of epoxide rings is 1. The molecule has 80 valence electrons. The number of hydrogen-bond donors (Lipinski definition) is 1. The average molecular weight is 213 g/mol. The smallest absolute Gasteiger partial charge is 0.313 e. The van der Waals surface area contributed by atoms with Gasteiger partial charge in [-0.3, -0.25) is 14.9 Å². The Morgan fingerprint density at radius 2 is 2.47 bits per heavy atom. The Balaban J connectivity index is 2.50. The van der Waals surface area contributed by atoms with Crippen LogP contribution in [-0.2, 0) is 14.3 Å². The Hall–Kier alpha value is -1.89. The number of nitro groups is 1. The molecule has 0 bridgehead atoms. The molecular formula is C8H7NO6. The van der Waals surface area contributed by atoms with Gasteiger partial charge in [-0.15, -0.1) is 0 Å². The highest BCUT2D eigenvalue weighted by atomic mass is 16.6. The molecule has 0 aromatic rings. The molecule has 2 aliphatic rings. The van der Waals surface area contributed by atoms with Crippen LogP contribution in [0.4, 0.5) is 0 Å². The monoisotopic (exact) mass is 213 g/mol. The van der Waals surface area contributed by atoms with Crippen LogP contribution in [0, 0.1) is 10.1 Å². The van der Waals surface area contributed by atoms with Gasteiger partial charge in [0.1, 0.15) is 0 Å². The van der Waals surface area contributed by atoms with E-state index in [0.717, 1.165) is 6.08 Å². The second-order valence-electron chi connectivity index (χ2n) is 3.17. The molecule has 2 unspecified atom stereocenters. The summed E-state index contributed by atoms with van der Waals surface area (Å²) in [6.07, 6.45) is 0.693. The van der Waals surface area contributed by atoms with Gasteiger partial charge in [0.05, 0.1) is 12.0 Å². The zero-order valence-electron chi connectivity index (χ0n) is 7.67. The maximum Gasteiger partial charge on any atom is 0.313 e. The van der Waals surface area contributed by atoms with Gasteiger partial charge in [0.15, 0.2) is 23.8 Å². The first-order chi connectivity index (χ1) is 7.05. The number of carbonyl (C=O) groups excluding carboxylic acids is 1. The normalized spacial score (nSPS) is 32.9. The topological polar surface area (TPSA) is 102 Å². The zero-order chi connectivity index (χ0) is 11.2. The summed E-state index contributed by atoms with van der Waals surface area (Å²) >= 11 is 0. The second-order valence-corrected chi connectivity index (χ2v) is 3.17. The minimum Gasteiger partial charge on any atom is -0.500 e. The highest BCUT2D eigenvalue weighted by Crippen LogP contribution is 2.47. The summed E-state index contributed by atoms with van der Waals surface area (Å²) in [5, 5.41) is 20.0. The molecule has 0 saturated carbocycles. The van der Waals surface area contributed by atoms with Gasteiger partial charge in [-0.25, -0.2) is 0 Å². The molecule has 1 heterocycles. The van der Waals surface area contributed by atoms with Crippen molar-refractivity contribution >= 4 is 6.29 Å². The number of fused-ring (bicyclic) bond motifs is 1. The van der Waals surface area contributed by atoms with E-state index in [0.29, 0.717) is 6.29 Å². The van der Waals surface area contributed by atoms with Crippen molar-refractivity contribution in [3.8, 4) is 0 Å². The van der Waals surface area contributed by atoms with Gasteiger partial charge in [-0.05, 0) is 0 Å². The number of nitrogens with zero attached hydrogens (tertiary/aromatic N) is 1. The van der Waals surface area contributed by atoms with Gasteiger partial charge in [0, 0.05) is 6.08 Å². The van der Waals surface area contributed by atoms with Gasteiger partial charge in [0.2, 0.25) is 5.76 Å². The summed E-state index contributed by atoms with van der Waals surface area (Å²) in [7, 11) is 1.24. The van der Waals surface area contributed by atoms with Crippen molar-refractivity contribution in [2.24, 2.45) is 0 Å². The lowest BCUT2D eigenvalue weighted by Gasteiger charge is -2.10. The molecule has 1 N–H and O–H groups in total. The lowest BCUT2D eigenvalue weighted by molar-refractivity contribution is -0.424. The fraction of sp³-hybridized carbons (Fsp3) is 0.375. The Labute approximate surface area is 83.7 Å². The van der Waals surface area contributed by atoms with Crippen LogP contribution in [0.2, 0.25) is 0 Å². The Kier molecular flexibility index (Phi) is 1.80. The number of rotatable bonds is 3. The summed E-state index contributed by atoms with van der Waals surface area (Å²) in [6.45, 7) is 0. The van der Waals surface area contributed by atoms with Crippen molar-refractivity contribution in [2.45, 2.75) is 11.7 Å². The maximum atomic E-state index is 10.7. The van der Waals surface area contributed by atoms with Crippen LogP contribution in [0.1, 0.15) is 0 Å². The number of aliphatic hydroxyl groups is 1. The fourth-order valence-electron chi connectivity index (χ4n) is 1.54. The highest BCUT2D eigenvalue weighted by molar-refractivity contribution is 5.75. The summed E-state index contributed by atoms with van der Waals surface area (Å²) in [6, 6.07) is 0. The first-order valence-corrected chi connectivity index (χ1v) is 4.04. The standard InChI is InChI=1S/C8H7NO6/c1-14-6-5(11)4(9(12)13)2-8(3-10)7(6)15-8/h2-3,7,11H,1H3. The molecule has 7 heteroatoms. The third-order valence-corrected chi connectivity index (χ3v) is 2.35. The number of carbonyl (C=O) groups is 1. The number of hydrogen-bond acceptors (Lipinski definition) is 6. The van der Waals surface area contributed by atoms with Crippen molar-refractivity contribution in [1.29, 1.82) is 0 Å². The average Bonchev–Trinajstić information content (AvgIpc) is 2.91. The third-order valence-electron chi connectivity index (χ3n) is 2.35.